The first-order valence-corrected chi connectivity index (χ1v) is 6.63. The molecule has 4 nitrogen and oxygen atoms in total. The van der Waals surface area contributed by atoms with Gasteiger partial charge in [0.1, 0.15) is 5.75 Å². The van der Waals surface area contributed by atoms with Crippen molar-refractivity contribution in [3.05, 3.63) is 29.8 Å². The molecule has 1 aliphatic rings. The Balaban J connectivity index is 2.25. The molecule has 0 aliphatic carbocycles. The maximum atomic E-state index is 11.9. The summed E-state index contributed by atoms with van der Waals surface area (Å²) in [6.45, 7) is 6.16. The van der Waals surface area contributed by atoms with Gasteiger partial charge in [-0.15, -0.1) is 0 Å². The van der Waals surface area contributed by atoms with Crippen LogP contribution in [0.1, 0.15) is 19.4 Å². The number of ether oxygens (including phenoxy) is 2. The van der Waals surface area contributed by atoms with Crippen LogP contribution >= 0.6 is 0 Å². The average Bonchev–Trinajstić information content (AvgIpc) is 2.82. The van der Waals surface area contributed by atoms with Crippen LogP contribution in [0.2, 0.25) is 0 Å². The van der Waals surface area contributed by atoms with E-state index in [1.54, 1.807) is 0 Å². The monoisotopic (exact) mass is 263 g/mol. The van der Waals surface area contributed by atoms with Crippen LogP contribution < -0.4 is 10.1 Å². The molecular formula is C15H21NO3. The number of carbonyl (C=O) groups is 1. The molecule has 0 aromatic heterocycles. The molecule has 0 amide bonds. The molecule has 0 bridgehead atoms. The van der Waals surface area contributed by atoms with Crippen LogP contribution in [0.4, 0.5) is 0 Å². The maximum absolute atomic E-state index is 11.9. The summed E-state index contributed by atoms with van der Waals surface area (Å²) < 4.78 is 10.4. The van der Waals surface area contributed by atoms with Crippen molar-refractivity contribution in [1.29, 1.82) is 0 Å². The van der Waals surface area contributed by atoms with E-state index in [1.807, 2.05) is 31.2 Å². The Morgan fingerprint density at radius 1 is 1.42 bits per heavy atom. The minimum atomic E-state index is -0.224. The highest BCUT2D eigenvalue weighted by Crippen LogP contribution is 2.36. The van der Waals surface area contributed by atoms with Crippen LogP contribution in [0.15, 0.2) is 24.3 Å². The number of nitrogens with one attached hydrogen (secondary N) is 1. The molecule has 2 unspecified atom stereocenters. The minimum absolute atomic E-state index is 0.143. The zero-order valence-electron chi connectivity index (χ0n) is 11.7. The van der Waals surface area contributed by atoms with Gasteiger partial charge in [0.05, 0.1) is 19.6 Å². The van der Waals surface area contributed by atoms with Crippen molar-refractivity contribution in [1.82, 2.24) is 5.32 Å². The summed E-state index contributed by atoms with van der Waals surface area (Å²) in [4.78, 5) is 11.9. The molecule has 2 rings (SSSR count). The van der Waals surface area contributed by atoms with Crippen LogP contribution in [0, 0.1) is 5.92 Å². The van der Waals surface area contributed by atoms with Crippen LogP contribution in [0.3, 0.4) is 0 Å². The number of esters is 1. The molecule has 1 saturated heterocycles. The van der Waals surface area contributed by atoms with Crippen LogP contribution in [-0.4, -0.2) is 32.8 Å². The van der Waals surface area contributed by atoms with E-state index >= 15 is 0 Å². The second kappa shape index (κ2) is 5.61. The third-order valence-electron chi connectivity index (χ3n) is 3.92. The number of methoxy groups -OCH3 is 1. The Bertz CT molecular complexity index is 443. The predicted octanol–water partition coefficient (Wildman–Crippen LogP) is 1.74. The molecule has 1 aromatic rings. The van der Waals surface area contributed by atoms with Crippen molar-refractivity contribution in [2.24, 2.45) is 5.92 Å². The average molecular weight is 263 g/mol. The van der Waals surface area contributed by atoms with Gasteiger partial charge in [-0.05, 0) is 24.6 Å². The van der Waals surface area contributed by atoms with Crippen molar-refractivity contribution in [2.75, 3.05) is 26.8 Å². The Kier molecular flexibility index (Phi) is 4.10. The van der Waals surface area contributed by atoms with E-state index in [0.717, 1.165) is 17.9 Å². The maximum Gasteiger partial charge on any atom is 0.310 e. The summed E-state index contributed by atoms with van der Waals surface area (Å²) in [5, 5.41) is 3.28. The van der Waals surface area contributed by atoms with E-state index in [0.29, 0.717) is 13.2 Å². The molecule has 2 atom stereocenters. The highest BCUT2D eigenvalue weighted by molar-refractivity contribution is 5.75. The molecule has 1 N–H and O–H groups in total. The lowest BCUT2D eigenvalue weighted by Gasteiger charge is -2.29. The number of benzene rings is 1. The van der Waals surface area contributed by atoms with E-state index in [1.165, 1.54) is 7.11 Å². The molecule has 19 heavy (non-hydrogen) atoms. The summed E-state index contributed by atoms with van der Waals surface area (Å²) in [6.07, 6.45) is 0. The number of carbonyl (C=O) groups excluding carboxylic acids is 1. The molecule has 1 heterocycles. The summed E-state index contributed by atoms with van der Waals surface area (Å²) in [7, 11) is 1.44. The Hall–Kier alpha value is -1.55. The standard InChI is InChI=1S/C15H21NO3/c1-4-19-12-7-5-11(6-8-12)15(2)10-16-9-13(15)14(17)18-3/h5-8,13,16H,4,9-10H2,1-3H3. The van der Waals surface area contributed by atoms with E-state index in [9.17, 15) is 4.79 Å². The molecule has 1 aliphatic heterocycles. The number of hydrogen-bond acceptors (Lipinski definition) is 4. The van der Waals surface area contributed by atoms with Crippen molar-refractivity contribution >= 4 is 5.97 Å². The Labute approximate surface area is 114 Å². The lowest BCUT2D eigenvalue weighted by atomic mass is 9.74. The van der Waals surface area contributed by atoms with Crippen molar-refractivity contribution in [3.63, 3.8) is 0 Å². The zero-order chi connectivity index (χ0) is 13.9. The highest BCUT2D eigenvalue weighted by atomic mass is 16.5. The fourth-order valence-corrected chi connectivity index (χ4v) is 2.71. The topological polar surface area (TPSA) is 47.6 Å². The van der Waals surface area contributed by atoms with Gasteiger partial charge in [-0.1, -0.05) is 19.1 Å². The van der Waals surface area contributed by atoms with Gasteiger partial charge in [0, 0.05) is 18.5 Å². The van der Waals surface area contributed by atoms with E-state index < -0.39 is 0 Å². The largest absolute Gasteiger partial charge is 0.494 e. The third-order valence-corrected chi connectivity index (χ3v) is 3.92. The lowest BCUT2D eigenvalue weighted by molar-refractivity contribution is -0.146. The zero-order valence-corrected chi connectivity index (χ0v) is 11.7. The lowest BCUT2D eigenvalue weighted by Crippen LogP contribution is -2.36. The van der Waals surface area contributed by atoms with Gasteiger partial charge in [-0.3, -0.25) is 4.79 Å². The first-order valence-electron chi connectivity index (χ1n) is 6.63. The van der Waals surface area contributed by atoms with E-state index in [-0.39, 0.29) is 17.3 Å². The van der Waals surface area contributed by atoms with Gasteiger partial charge >= 0.3 is 5.97 Å². The fraction of sp³-hybridized carbons (Fsp3) is 0.533. The van der Waals surface area contributed by atoms with Gasteiger partial charge in [-0.25, -0.2) is 0 Å². The van der Waals surface area contributed by atoms with Gasteiger partial charge < -0.3 is 14.8 Å². The van der Waals surface area contributed by atoms with Gasteiger partial charge in [0.25, 0.3) is 0 Å². The van der Waals surface area contributed by atoms with Crippen molar-refractivity contribution in [3.8, 4) is 5.75 Å². The molecule has 1 aromatic carbocycles. The van der Waals surface area contributed by atoms with Gasteiger partial charge in [-0.2, -0.15) is 0 Å². The summed E-state index contributed by atoms with van der Waals surface area (Å²) in [6, 6.07) is 7.98. The van der Waals surface area contributed by atoms with Crippen molar-refractivity contribution in [2.45, 2.75) is 19.3 Å². The molecule has 0 radical (unpaired) electrons. The molecular weight excluding hydrogens is 242 g/mol. The molecule has 1 fully saturated rings. The van der Waals surface area contributed by atoms with E-state index in [4.69, 9.17) is 9.47 Å². The second-order valence-corrected chi connectivity index (χ2v) is 5.08. The smallest absolute Gasteiger partial charge is 0.310 e. The summed E-state index contributed by atoms with van der Waals surface area (Å²) in [5.41, 5.74) is 0.911. The first kappa shape index (κ1) is 13.9. The normalized spacial score (nSPS) is 26.2. The summed E-state index contributed by atoms with van der Waals surface area (Å²) >= 11 is 0. The van der Waals surface area contributed by atoms with Gasteiger partial charge in [0.15, 0.2) is 0 Å². The third kappa shape index (κ3) is 2.59. The quantitative estimate of drug-likeness (QED) is 0.841. The Morgan fingerprint density at radius 2 is 2.11 bits per heavy atom. The van der Waals surface area contributed by atoms with Crippen LogP contribution in [0.5, 0.6) is 5.75 Å². The SMILES string of the molecule is CCOc1ccc(C2(C)CNCC2C(=O)OC)cc1. The molecule has 4 heteroatoms. The van der Waals surface area contributed by atoms with Crippen LogP contribution in [0.25, 0.3) is 0 Å². The van der Waals surface area contributed by atoms with Crippen LogP contribution in [-0.2, 0) is 14.9 Å². The van der Waals surface area contributed by atoms with Gasteiger partial charge in [0.2, 0.25) is 0 Å². The Morgan fingerprint density at radius 3 is 2.68 bits per heavy atom. The minimum Gasteiger partial charge on any atom is -0.494 e. The summed E-state index contributed by atoms with van der Waals surface area (Å²) in [5.74, 6) is 0.562. The highest BCUT2D eigenvalue weighted by Gasteiger charge is 2.45. The van der Waals surface area contributed by atoms with Crippen molar-refractivity contribution < 1.29 is 14.3 Å². The molecule has 104 valence electrons. The number of rotatable bonds is 4. The predicted molar refractivity (Wildman–Crippen MR) is 73.3 cm³/mol. The molecule has 0 spiro atoms. The fourth-order valence-electron chi connectivity index (χ4n) is 2.71. The van der Waals surface area contributed by atoms with E-state index in [2.05, 4.69) is 12.2 Å². The number of hydrogen-bond donors (Lipinski definition) is 1. The molecule has 0 saturated carbocycles. The first-order chi connectivity index (χ1) is 9.11. The second-order valence-electron chi connectivity index (χ2n) is 5.08.